The number of likely N-dealkylation sites (N-methyl/N-ethyl adjacent to an activating group) is 2. The van der Waals surface area contributed by atoms with Gasteiger partial charge in [0.05, 0.1) is 12.0 Å². The molecule has 3 N–H and O–H groups in total. The first kappa shape index (κ1) is 16.9. The molecular formula is C13H27N3O2. The van der Waals surface area contributed by atoms with Gasteiger partial charge in [-0.05, 0) is 12.8 Å². The fourth-order valence-electron chi connectivity index (χ4n) is 2.36. The maximum atomic E-state index is 12.5. The largest absolute Gasteiger partial charge is 0.358 e. The van der Waals surface area contributed by atoms with Crippen molar-refractivity contribution in [3.05, 3.63) is 0 Å². The van der Waals surface area contributed by atoms with Crippen LogP contribution in [0.15, 0.2) is 0 Å². The zero-order valence-electron chi connectivity index (χ0n) is 12.1. The quantitative estimate of drug-likeness (QED) is 0.673. The Bertz CT molecular complexity index is 273. The monoisotopic (exact) mass is 257 g/mol. The van der Waals surface area contributed by atoms with Crippen molar-refractivity contribution < 1.29 is 9.59 Å². The second kappa shape index (κ2) is 8.08. The van der Waals surface area contributed by atoms with Gasteiger partial charge in [0.25, 0.3) is 0 Å². The van der Waals surface area contributed by atoms with Gasteiger partial charge in [0.1, 0.15) is 0 Å². The molecule has 0 atom stereocenters. The van der Waals surface area contributed by atoms with Gasteiger partial charge in [-0.15, -0.1) is 0 Å². The molecule has 106 valence electrons. The Balaban J connectivity index is 4.87. The lowest BCUT2D eigenvalue weighted by Crippen LogP contribution is -2.49. The van der Waals surface area contributed by atoms with Gasteiger partial charge >= 0.3 is 0 Å². The zero-order chi connectivity index (χ0) is 14.2. The number of hydrogen-bond donors (Lipinski definition) is 2. The molecular weight excluding hydrogens is 230 g/mol. The highest BCUT2D eigenvalue weighted by Crippen LogP contribution is 2.30. The van der Waals surface area contributed by atoms with Gasteiger partial charge in [0.2, 0.25) is 11.8 Å². The maximum Gasteiger partial charge on any atom is 0.239 e. The van der Waals surface area contributed by atoms with E-state index in [0.29, 0.717) is 6.54 Å². The van der Waals surface area contributed by atoms with Crippen LogP contribution in [-0.2, 0) is 9.59 Å². The third-order valence-corrected chi connectivity index (χ3v) is 3.31. The highest BCUT2D eigenvalue weighted by atomic mass is 16.2. The van der Waals surface area contributed by atoms with Crippen LogP contribution in [0.1, 0.15) is 39.5 Å². The second-order valence-corrected chi connectivity index (χ2v) is 4.82. The summed E-state index contributed by atoms with van der Waals surface area (Å²) in [5, 5.41) is 2.52. The predicted octanol–water partition coefficient (Wildman–Crippen LogP) is 0.736. The molecule has 0 rings (SSSR count). The van der Waals surface area contributed by atoms with Crippen LogP contribution in [0, 0.1) is 5.41 Å². The Morgan fingerprint density at radius 2 is 1.72 bits per heavy atom. The van der Waals surface area contributed by atoms with E-state index in [1.165, 1.54) is 4.90 Å². The minimum atomic E-state index is -0.508. The third-order valence-electron chi connectivity index (χ3n) is 3.31. The number of rotatable bonds is 8. The zero-order valence-corrected chi connectivity index (χ0v) is 12.1. The molecule has 0 bridgehead atoms. The molecule has 2 amide bonds. The molecule has 0 aromatic carbocycles. The number of amides is 2. The molecule has 0 aromatic rings. The van der Waals surface area contributed by atoms with Gasteiger partial charge in [0.15, 0.2) is 0 Å². The molecule has 0 saturated heterocycles. The lowest BCUT2D eigenvalue weighted by molar-refractivity contribution is -0.144. The third kappa shape index (κ3) is 4.29. The van der Waals surface area contributed by atoms with E-state index in [1.54, 1.807) is 14.1 Å². The molecule has 0 aliphatic heterocycles. The Kier molecular flexibility index (Phi) is 7.59. The number of nitrogens with two attached hydrogens (primary N) is 1. The van der Waals surface area contributed by atoms with Gasteiger partial charge in [-0.2, -0.15) is 0 Å². The van der Waals surface area contributed by atoms with E-state index < -0.39 is 5.41 Å². The van der Waals surface area contributed by atoms with Crippen molar-refractivity contribution >= 4 is 11.8 Å². The summed E-state index contributed by atoms with van der Waals surface area (Å²) in [4.78, 5) is 25.3. The fraction of sp³-hybridized carbons (Fsp3) is 0.846. The summed E-state index contributed by atoms with van der Waals surface area (Å²) in [6.07, 6.45) is 3.37. The highest BCUT2D eigenvalue weighted by Gasteiger charge is 2.37. The standard InChI is InChI=1S/C13H27N3O2/c1-5-7-13(10-14,8-6-2)12(18)16(4)9-11(17)15-3/h5-10,14H2,1-4H3,(H,15,17). The maximum absolute atomic E-state index is 12.5. The Morgan fingerprint density at radius 1 is 1.22 bits per heavy atom. The molecule has 0 fully saturated rings. The van der Waals surface area contributed by atoms with E-state index in [4.69, 9.17) is 5.73 Å². The molecule has 0 aliphatic carbocycles. The molecule has 5 nitrogen and oxygen atoms in total. The van der Waals surface area contributed by atoms with Crippen LogP contribution in [0.3, 0.4) is 0 Å². The molecule has 0 spiro atoms. The molecule has 0 aromatic heterocycles. The van der Waals surface area contributed by atoms with Crippen molar-refractivity contribution in [2.24, 2.45) is 11.1 Å². The van der Waals surface area contributed by atoms with Gasteiger partial charge in [0, 0.05) is 20.6 Å². The number of carbonyl (C=O) groups excluding carboxylic acids is 2. The number of carbonyl (C=O) groups is 2. The minimum Gasteiger partial charge on any atom is -0.358 e. The minimum absolute atomic E-state index is 0.0164. The molecule has 18 heavy (non-hydrogen) atoms. The predicted molar refractivity (Wildman–Crippen MR) is 73.0 cm³/mol. The van der Waals surface area contributed by atoms with Crippen LogP contribution in [0.2, 0.25) is 0 Å². The lowest BCUT2D eigenvalue weighted by Gasteiger charge is -2.34. The molecule has 5 heteroatoms. The molecule has 0 saturated carbocycles. The smallest absolute Gasteiger partial charge is 0.239 e. The molecule has 0 heterocycles. The first-order chi connectivity index (χ1) is 8.47. The van der Waals surface area contributed by atoms with E-state index in [9.17, 15) is 9.59 Å². The SMILES string of the molecule is CCCC(CN)(CCC)C(=O)N(C)CC(=O)NC. The van der Waals surface area contributed by atoms with Gasteiger partial charge in [-0.25, -0.2) is 0 Å². The molecule has 0 radical (unpaired) electrons. The van der Waals surface area contributed by atoms with E-state index in [-0.39, 0.29) is 18.4 Å². The van der Waals surface area contributed by atoms with E-state index >= 15 is 0 Å². The van der Waals surface area contributed by atoms with E-state index in [0.717, 1.165) is 25.7 Å². The van der Waals surface area contributed by atoms with Crippen LogP contribution in [0.25, 0.3) is 0 Å². The Labute approximate surface area is 110 Å². The number of hydrogen-bond acceptors (Lipinski definition) is 3. The molecule has 0 aliphatic rings. The van der Waals surface area contributed by atoms with Crippen LogP contribution >= 0.6 is 0 Å². The summed E-state index contributed by atoms with van der Waals surface area (Å²) in [5.41, 5.74) is 5.33. The van der Waals surface area contributed by atoms with Crippen molar-refractivity contribution in [1.29, 1.82) is 0 Å². The fourth-order valence-corrected chi connectivity index (χ4v) is 2.36. The average Bonchev–Trinajstić information content (AvgIpc) is 2.37. The average molecular weight is 257 g/mol. The number of nitrogens with zero attached hydrogens (tertiary/aromatic N) is 1. The van der Waals surface area contributed by atoms with E-state index in [2.05, 4.69) is 5.32 Å². The summed E-state index contributed by atoms with van der Waals surface area (Å²) in [7, 11) is 3.22. The van der Waals surface area contributed by atoms with Crippen LogP contribution in [0.4, 0.5) is 0 Å². The summed E-state index contributed by atoms with van der Waals surface area (Å²) in [6, 6.07) is 0. The Morgan fingerprint density at radius 3 is 2.06 bits per heavy atom. The van der Waals surface area contributed by atoms with E-state index in [1.807, 2.05) is 13.8 Å². The lowest BCUT2D eigenvalue weighted by atomic mass is 9.78. The van der Waals surface area contributed by atoms with Crippen LogP contribution in [0.5, 0.6) is 0 Å². The second-order valence-electron chi connectivity index (χ2n) is 4.82. The van der Waals surface area contributed by atoms with Gasteiger partial charge in [-0.1, -0.05) is 26.7 Å². The molecule has 0 unspecified atom stereocenters. The Hall–Kier alpha value is -1.10. The summed E-state index contributed by atoms with van der Waals surface area (Å²) < 4.78 is 0. The normalized spacial score (nSPS) is 11.2. The first-order valence-electron chi connectivity index (χ1n) is 6.63. The van der Waals surface area contributed by atoms with Gasteiger partial charge < -0.3 is 16.0 Å². The number of nitrogens with one attached hydrogen (secondary N) is 1. The topological polar surface area (TPSA) is 75.4 Å². The van der Waals surface area contributed by atoms with Crippen LogP contribution in [-0.4, -0.2) is 43.9 Å². The van der Waals surface area contributed by atoms with Gasteiger partial charge in [-0.3, -0.25) is 9.59 Å². The van der Waals surface area contributed by atoms with Crippen molar-refractivity contribution in [3.63, 3.8) is 0 Å². The first-order valence-corrected chi connectivity index (χ1v) is 6.63. The van der Waals surface area contributed by atoms with Crippen molar-refractivity contribution in [2.75, 3.05) is 27.2 Å². The summed E-state index contributed by atoms with van der Waals surface area (Å²) in [5.74, 6) is -0.179. The summed E-state index contributed by atoms with van der Waals surface area (Å²) >= 11 is 0. The van der Waals surface area contributed by atoms with Crippen molar-refractivity contribution in [3.8, 4) is 0 Å². The summed E-state index contributed by atoms with van der Waals surface area (Å²) in [6.45, 7) is 4.52. The highest BCUT2D eigenvalue weighted by molar-refractivity contribution is 5.87. The van der Waals surface area contributed by atoms with Crippen LogP contribution < -0.4 is 11.1 Å². The van der Waals surface area contributed by atoms with Crippen molar-refractivity contribution in [1.82, 2.24) is 10.2 Å². The van der Waals surface area contributed by atoms with Crippen molar-refractivity contribution in [2.45, 2.75) is 39.5 Å².